The van der Waals surface area contributed by atoms with Crippen molar-refractivity contribution < 1.29 is 4.42 Å². The number of fused-ring (bicyclic) bond motifs is 1. The zero-order chi connectivity index (χ0) is 14.5. The van der Waals surface area contributed by atoms with Gasteiger partial charge in [0.1, 0.15) is 5.76 Å². The van der Waals surface area contributed by atoms with Gasteiger partial charge in [-0.05, 0) is 43.7 Å². The Morgan fingerprint density at radius 2 is 2.20 bits per heavy atom. The molecule has 0 saturated heterocycles. The molecule has 0 bridgehead atoms. The quantitative estimate of drug-likeness (QED) is 0.914. The summed E-state index contributed by atoms with van der Waals surface area (Å²) in [6, 6.07) is 2.37. The molecule has 0 radical (unpaired) electrons. The molecule has 1 atom stereocenters. The molecule has 108 valence electrons. The second-order valence-electron chi connectivity index (χ2n) is 6.79. The fraction of sp³-hybridized carbons (Fsp3) is 0.562. The predicted octanol–water partition coefficient (Wildman–Crippen LogP) is 3.11. The third-order valence-corrected chi connectivity index (χ3v) is 4.23. The van der Waals surface area contributed by atoms with Gasteiger partial charge in [0.2, 0.25) is 5.89 Å². The van der Waals surface area contributed by atoms with E-state index < -0.39 is 0 Å². The predicted molar refractivity (Wildman–Crippen MR) is 78.5 cm³/mol. The average Bonchev–Trinajstić information content (AvgIpc) is 2.86. The van der Waals surface area contributed by atoms with Crippen molar-refractivity contribution in [2.75, 3.05) is 0 Å². The first-order valence-corrected chi connectivity index (χ1v) is 7.21. The molecule has 0 spiro atoms. The van der Waals surface area contributed by atoms with Crippen LogP contribution >= 0.6 is 0 Å². The van der Waals surface area contributed by atoms with E-state index in [0.29, 0.717) is 6.54 Å². The Labute approximate surface area is 120 Å². The number of aryl methyl sites for hydroxylation is 2. The molecule has 0 aliphatic heterocycles. The van der Waals surface area contributed by atoms with Crippen LogP contribution in [-0.2, 0) is 13.0 Å². The highest BCUT2D eigenvalue weighted by molar-refractivity contribution is 5.34. The Hall–Kier alpha value is -1.55. The van der Waals surface area contributed by atoms with E-state index in [1.807, 2.05) is 6.92 Å². The van der Waals surface area contributed by atoms with Gasteiger partial charge in [0.25, 0.3) is 0 Å². The molecule has 4 heteroatoms. The highest BCUT2D eigenvalue weighted by atomic mass is 16.4. The zero-order valence-electron chi connectivity index (χ0n) is 12.7. The van der Waals surface area contributed by atoms with Gasteiger partial charge in [-0.2, -0.15) is 0 Å². The molecular weight excluding hydrogens is 250 g/mol. The lowest BCUT2D eigenvalue weighted by molar-refractivity contribution is 0.274. The van der Waals surface area contributed by atoms with E-state index in [1.54, 1.807) is 6.20 Å². The minimum Gasteiger partial charge on any atom is -0.444 e. The van der Waals surface area contributed by atoms with E-state index in [9.17, 15) is 0 Å². The molecule has 0 saturated carbocycles. The first-order valence-electron chi connectivity index (χ1n) is 7.21. The average molecular weight is 273 g/mol. The fourth-order valence-corrected chi connectivity index (χ4v) is 3.33. The number of hydrogen-bond donors (Lipinski definition) is 1. The molecule has 2 aromatic rings. The lowest BCUT2D eigenvalue weighted by Gasteiger charge is -2.34. The summed E-state index contributed by atoms with van der Waals surface area (Å²) in [5.41, 5.74) is 10.5. The van der Waals surface area contributed by atoms with E-state index in [-0.39, 0.29) is 11.5 Å². The Bertz CT molecular complexity index is 636. The molecule has 0 amide bonds. The summed E-state index contributed by atoms with van der Waals surface area (Å²) < 4.78 is 7.93. The number of nitrogens with zero attached hydrogens (tertiary/aromatic N) is 2. The van der Waals surface area contributed by atoms with Gasteiger partial charge in [-0.3, -0.25) is 0 Å². The van der Waals surface area contributed by atoms with E-state index in [1.165, 1.54) is 17.0 Å². The molecule has 2 heterocycles. The molecule has 2 N–H and O–H groups in total. The molecule has 0 fully saturated rings. The summed E-state index contributed by atoms with van der Waals surface area (Å²) in [6.07, 6.45) is 3.88. The Kier molecular flexibility index (Phi) is 3.01. The smallest absolute Gasteiger partial charge is 0.214 e. The molecule has 2 aromatic heterocycles. The Morgan fingerprint density at radius 3 is 2.85 bits per heavy atom. The van der Waals surface area contributed by atoms with Crippen LogP contribution in [0.3, 0.4) is 0 Å². The van der Waals surface area contributed by atoms with Gasteiger partial charge in [-0.15, -0.1) is 0 Å². The molecule has 4 nitrogen and oxygen atoms in total. The highest BCUT2D eigenvalue weighted by Gasteiger charge is 2.33. The number of rotatable bonds is 2. The zero-order valence-corrected chi connectivity index (χ0v) is 12.7. The van der Waals surface area contributed by atoms with Crippen LogP contribution in [0.5, 0.6) is 0 Å². The molecule has 1 aliphatic rings. The van der Waals surface area contributed by atoms with Crippen molar-refractivity contribution in [2.45, 2.75) is 53.1 Å². The summed E-state index contributed by atoms with van der Waals surface area (Å²) >= 11 is 0. The van der Waals surface area contributed by atoms with Crippen LogP contribution in [0.4, 0.5) is 0 Å². The Balaban J connectivity index is 2.00. The maximum atomic E-state index is 6.35. The van der Waals surface area contributed by atoms with E-state index >= 15 is 0 Å². The largest absolute Gasteiger partial charge is 0.444 e. The summed E-state index contributed by atoms with van der Waals surface area (Å²) in [6.45, 7) is 9.33. The van der Waals surface area contributed by atoms with Gasteiger partial charge in [0.15, 0.2) is 0 Å². The molecule has 1 aliphatic carbocycles. The topological polar surface area (TPSA) is 57.0 Å². The van der Waals surface area contributed by atoms with Gasteiger partial charge < -0.3 is 14.7 Å². The summed E-state index contributed by atoms with van der Waals surface area (Å²) in [7, 11) is 0. The van der Waals surface area contributed by atoms with E-state index in [2.05, 4.69) is 36.4 Å². The maximum Gasteiger partial charge on any atom is 0.214 e. The fourth-order valence-electron chi connectivity index (χ4n) is 3.33. The van der Waals surface area contributed by atoms with Crippen LogP contribution < -0.4 is 5.73 Å². The summed E-state index contributed by atoms with van der Waals surface area (Å²) in [4.78, 5) is 4.32. The third-order valence-electron chi connectivity index (χ3n) is 4.23. The van der Waals surface area contributed by atoms with Crippen molar-refractivity contribution >= 4 is 0 Å². The standard InChI is InChI=1S/C16H23N3O/c1-10-5-12-13(17)6-16(3,4)7-14(12)19(10)9-15-18-8-11(2)20-15/h5,8,13H,6-7,9,17H2,1-4H3. The molecular formula is C16H23N3O. The minimum atomic E-state index is 0.139. The van der Waals surface area contributed by atoms with Crippen molar-refractivity contribution in [2.24, 2.45) is 11.1 Å². The maximum absolute atomic E-state index is 6.35. The monoisotopic (exact) mass is 273 g/mol. The normalized spacial score (nSPS) is 20.9. The highest BCUT2D eigenvalue weighted by Crippen LogP contribution is 2.41. The Morgan fingerprint density at radius 1 is 1.45 bits per heavy atom. The molecule has 1 unspecified atom stereocenters. The van der Waals surface area contributed by atoms with Crippen molar-refractivity contribution in [3.05, 3.63) is 40.9 Å². The van der Waals surface area contributed by atoms with Crippen molar-refractivity contribution in [3.63, 3.8) is 0 Å². The third kappa shape index (κ3) is 2.29. The SMILES string of the molecule is Cc1cnc(Cn2c(C)cc3c2CC(C)(C)CC3N)o1. The van der Waals surface area contributed by atoms with Crippen molar-refractivity contribution in [3.8, 4) is 0 Å². The number of hydrogen-bond acceptors (Lipinski definition) is 3. The van der Waals surface area contributed by atoms with E-state index in [0.717, 1.165) is 24.5 Å². The minimum absolute atomic E-state index is 0.139. The lowest BCUT2D eigenvalue weighted by atomic mass is 9.74. The van der Waals surface area contributed by atoms with Crippen LogP contribution in [0.2, 0.25) is 0 Å². The van der Waals surface area contributed by atoms with Crippen LogP contribution in [-0.4, -0.2) is 9.55 Å². The van der Waals surface area contributed by atoms with Crippen LogP contribution in [0, 0.1) is 19.3 Å². The number of nitrogens with two attached hydrogens (primary N) is 1. The second kappa shape index (κ2) is 4.48. The van der Waals surface area contributed by atoms with Crippen LogP contribution in [0.1, 0.15) is 54.9 Å². The van der Waals surface area contributed by atoms with Crippen molar-refractivity contribution in [1.29, 1.82) is 0 Å². The number of oxazole rings is 1. The summed E-state index contributed by atoms with van der Waals surface area (Å²) in [5.74, 6) is 1.62. The van der Waals surface area contributed by atoms with Gasteiger partial charge in [-0.25, -0.2) is 4.98 Å². The molecule has 3 rings (SSSR count). The van der Waals surface area contributed by atoms with Gasteiger partial charge >= 0.3 is 0 Å². The first kappa shape index (κ1) is 13.4. The van der Waals surface area contributed by atoms with Crippen LogP contribution in [0.25, 0.3) is 0 Å². The number of aromatic nitrogens is 2. The molecule has 0 aromatic carbocycles. The lowest BCUT2D eigenvalue weighted by Crippen LogP contribution is -2.30. The second-order valence-corrected chi connectivity index (χ2v) is 6.79. The van der Waals surface area contributed by atoms with Crippen LogP contribution in [0.15, 0.2) is 16.7 Å². The summed E-state index contributed by atoms with van der Waals surface area (Å²) in [5, 5.41) is 0. The van der Waals surface area contributed by atoms with Crippen molar-refractivity contribution in [1.82, 2.24) is 9.55 Å². The van der Waals surface area contributed by atoms with Gasteiger partial charge in [-0.1, -0.05) is 13.8 Å². The van der Waals surface area contributed by atoms with Gasteiger partial charge in [0, 0.05) is 17.4 Å². The molecule has 20 heavy (non-hydrogen) atoms. The van der Waals surface area contributed by atoms with Gasteiger partial charge in [0.05, 0.1) is 12.7 Å². The van der Waals surface area contributed by atoms with E-state index in [4.69, 9.17) is 10.2 Å². The first-order chi connectivity index (χ1) is 9.35.